The molecule has 0 atom stereocenters. The second-order valence-corrected chi connectivity index (χ2v) is 5.62. The normalized spacial score (nSPS) is 10.6. The molecule has 0 radical (unpaired) electrons. The summed E-state index contributed by atoms with van der Waals surface area (Å²) in [6.07, 6.45) is 4.41. The fraction of sp³-hybridized carbons (Fsp3) is 0. The number of carbonyl (C=O) groups is 1. The molecule has 2 heterocycles. The van der Waals surface area contributed by atoms with Crippen LogP contribution in [-0.4, -0.2) is 20.9 Å². The average Bonchev–Trinajstić information content (AvgIpc) is 2.81. The number of benzene rings is 1. The van der Waals surface area contributed by atoms with Gasteiger partial charge in [-0.25, -0.2) is 9.97 Å². The first-order chi connectivity index (χ1) is 9.22. The average molecular weight is 335 g/mol. The van der Waals surface area contributed by atoms with Crippen LogP contribution in [0.4, 0.5) is 5.13 Å². The second kappa shape index (κ2) is 5.02. The summed E-state index contributed by atoms with van der Waals surface area (Å²) in [7, 11) is 0. The molecule has 94 valence electrons. The first kappa shape index (κ1) is 12.2. The number of fused-ring (bicyclic) bond motifs is 1. The van der Waals surface area contributed by atoms with E-state index in [1.807, 2.05) is 18.2 Å². The van der Waals surface area contributed by atoms with E-state index in [1.54, 1.807) is 0 Å². The first-order valence-corrected chi connectivity index (χ1v) is 6.97. The van der Waals surface area contributed by atoms with Gasteiger partial charge in [-0.15, -0.1) is 0 Å². The highest BCUT2D eigenvalue weighted by atomic mass is 79.9. The molecule has 2 aromatic heterocycles. The third kappa shape index (κ3) is 2.61. The summed E-state index contributed by atoms with van der Waals surface area (Å²) >= 11 is 4.82. The van der Waals surface area contributed by atoms with Gasteiger partial charge in [0.05, 0.1) is 16.4 Å². The third-order valence-electron chi connectivity index (χ3n) is 2.37. The van der Waals surface area contributed by atoms with Gasteiger partial charge in [-0.3, -0.25) is 15.1 Å². The Morgan fingerprint density at radius 1 is 1.32 bits per heavy atom. The van der Waals surface area contributed by atoms with E-state index in [0.29, 0.717) is 5.13 Å². The molecule has 19 heavy (non-hydrogen) atoms. The Kier molecular flexibility index (Phi) is 3.22. The van der Waals surface area contributed by atoms with Crippen molar-refractivity contribution in [3.63, 3.8) is 0 Å². The van der Waals surface area contributed by atoms with Crippen molar-refractivity contribution in [2.45, 2.75) is 0 Å². The number of rotatable bonds is 2. The van der Waals surface area contributed by atoms with E-state index < -0.39 is 0 Å². The number of amides is 1. The van der Waals surface area contributed by atoms with Gasteiger partial charge in [0.15, 0.2) is 5.13 Å². The number of hydrogen-bond acceptors (Lipinski definition) is 5. The maximum absolute atomic E-state index is 11.9. The predicted molar refractivity (Wildman–Crippen MR) is 77.3 cm³/mol. The summed E-state index contributed by atoms with van der Waals surface area (Å²) in [5, 5.41) is 3.26. The van der Waals surface area contributed by atoms with Crippen molar-refractivity contribution in [1.82, 2.24) is 15.0 Å². The Morgan fingerprint density at radius 3 is 3.00 bits per heavy atom. The highest BCUT2D eigenvalue weighted by Gasteiger charge is 2.11. The van der Waals surface area contributed by atoms with Gasteiger partial charge in [0.2, 0.25) is 0 Å². The number of aromatic nitrogens is 3. The monoisotopic (exact) mass is 334 g/mol. The Hall–Kier alpha value is -1.86. The summed E-state index contributed by atoms with van der Waals surface area (Å²) < 4.78 is 1.99. The summed E-state index contributed by atoms with van der Waals surface area (Å²) in [4.78, 5) is 24.0. The molecule has 0 fully saturated rings. The smallest absolute Gasteiger partial charge is 0.277 e. The van der Waals surface area contributed by atoms with Crippen LogP contribution >= 0.6 is 27.3 Å². The van der Waals surface area contributed by atoms with Crippen LogP contribution in [0, 0.1) is 0 Å². The summed E-state index contributed by atoms with van der Waals surface area (Å²) in [6, 6.07) is 5.77. The van der Waals surface area contributed by atoms with Crippen molar-refractivity contribution < 1.29 is 4.79 Å². The molecule has 0 saturated heterocycles. The molecular weight excluding hydrogens is 328 g/mol. The fourth-order valence-corrected chi connectivity index (χ4v) is 2.94. The zero-order chi connectivity index (χ0) is 13.2. The van der Waals surface area contributed by atoms with E-state index in [-0.39, 0.29) is 11.6 Å². The minimum absolute atomic E-state index is 0.267. The lowest BCUT2D eigenvalue weighted by atomic mass is 10.3. The molecule has 1 amide bonds. The topological polar surface area (TPSA) is 67.8 Å². The molecule has 1 N–H and O–H groups in total. The van der Waals surface area contributed by atoms with Crippen molar-refractivity contribution in [2.75, 3.05) is 5.32 Å². The van der Waals surface area contributed by atoms with Gasteiger partial charge >= 0.3 is 0 Å². The molecule has 0 saturated carbocycles. The standard InChI is InChI=1S/C12H7BrN4OS/c13-7-1-2-8-10(5-7)19-12(16-8)17-11(18)9-6-14-3-4-15-9/h1-6H,(H,16,17,18). The second-order valence-electron chi connectivity index (χ2n) is 3.68. The highest BCUT2D eigenvalue weighted by molar-refractivity contribution is 9.10. The lowest BCUT2D eigenvalue weighted by Crippen LogP contribution is -2.13. The van der Waals surface area contributed by atoms with Crippen LogP contribution in [0.2, 0.25) is 0 Å². The lowest BCUT2D eigenvalue weighted by molar-refractivity contribution is 0.102. The van der Waals surface area contributed by atoms with Crippen LogP contribution in [-0.2, 0) is 0 Å². The molecule has 0 aliphatic heterocycles. The van der Waals surface area contributed by atoms with E-state index in [9.17, 15) is 4.79 Å². The minimum Gasteiger partial charge on any atom is -0.296 e. The number of anilines is 1. The zero-order valence-corrected chi connectivity index (χ0v) is 11.9. The molecule has 0 bridgehead atoms. The van der Waals surface area contributed by atoms with Crippen molar-refractivity contribution in [1.29, 1.82) is 0 Å². The van der Waals surface area contributed by atoms with Gasteiger partial charge in [-0.1, -0.05) is 27.3 Å². The van der Waals surface area contributed by atoms with Gasteiger partial charge < -0.3 is 0 Å². The molecule has 3 rings (SSSR count). The van der Waals surface area contributed by atoms with Gasteiger partial charge in [0.1, 0.15) is 5.69 Å². The summed E-state index contributed by atoms with van der Waals surface area (Å²) in [6.45, 7) is 0. The SMILES string of the molecule is O=C(Nc1nc2ccc(Br)cc2s1)c1cnccn1. The van der Waals surface area contributed by atoms with Crippen LogP contribution in [0.15, 0.2) is 41.3 Å². The van der Waals surface area contributed by atoms with Crippen LogP contribution in [0.1, 0.15) is 10.5 Å². The number of nitrogens with one attached hydrogen (secondary N) is 1. The summed E-state index contributed by atoms with van der Waals surface area (Å²) in [5.41, 5.74) is 1.12. The molecule has 1 aromatic carbocycles. The van der Waals surface area contributed by atoms with E-state index >= 15 is 0 Å². The molecule has 5 nitrogen and oxygen atoms in total. The van der Waals surface area contributed by atoms with Gasteiger partial charge in [-0.05, 0) is 18.2 Å². The fourth-order valence-electron chi connectivity index (χ4n) is 1.53. The van der Waals surface area contributed by atoms with Crippen molar-refractivity contribution in [2.24, 2.45) is 0 Å². The molecule has 0 unspecified atom stereocenters. The Morgan fingerprint density at radius 2 is 2.21 bits per heavy atom. The quantitative estimate of drug-likeness (QED) is 0.781. The largest absolute Gasteiger partial charge is 0.296 e. The van der Waals surface area contributed by atoms with Crippen LogP contribution < -0.4 is 5.32 Å². The molecule has 7 heteroatoms. The van der Waals surface area contributed by atoms with Gasteiger partial charge in [-0.2, -0.15) is 0 Å². The number of nitrogens with zero attached hydrogens (tertiary/aromatic N) is 3. The van der Waals surface area contributed by atoms with Gasteiger partial charge in [0, 0.05) is 16.9 Å². The molecular formula is C12H7BrN4OS. The number of thiazole rings is 1. The van der Waals surface area contributed by atoms with E-state index in [2.05, 4.69) is 36.2 Å². The number of halogens is 1. The molecule has 3 aromatic rings. The lowest BCUT2D eigenvalue weighted by Gasteiger charge is -1.98. The third-order valence-corrected chi connectivity index (χ3v) is 3.79. The Balaban J connectivity index is 1.87. The van der Waals surface area contributed by atoms with Crippen LogP contribution in [0.3, 0.4) is 0 Å². The molecule has 0 aliphatic rings. The maximum atomic E-state index is 11.9. The zero-order valence-electron chi connectivity index (χ0n) is 9.50. The maximum Gasteiger partial charge on any atom is 0.277 e. The van der Waals surface area contributed by atoms with Crippen molar-refractivity contribution in [3.8, 4) is 0 Å². The Bertz CT molecular complexity index is 744. The van der Waals surface area contributed by atoms with Crippen molar-refractivity contribution >= 4 is 48.5 Å². The predicted octanol–water partition coefficient (Wildman–Crippen LogP) is 3.10. The Labute approximate surface area is 120 Å². The van der Waals surface area contributed by atoms with E-state index in [0.717, 1.165) is 14.7 Å². The number of carbonyl (C=O) groups excluding carboxylic acids is 1. The molecule has 0 aliphatic carbocycles. The first-order valence-electron chi connectivity index (χ1n) is 5.36. The highest BCUT2D eigenvalue weighted by Crippen LogP contribution is 2.28. The number of hydrogen-bond donors (Lipinski definition) is 1. The van der Waals surface area contributed by atoms with E-state index in [1.165, 1.54) is 29.9 Å². The van der Waals surface area contributed by atoms with Gasteiger partial charge in [0.25, 0.3) is 5.91 Å². The van der Waals surface area contributed by atoms with E-state index in [4.69, 9.17) is 0 Å². The van der Waals surface area contributed by atoms with Crippen molar-refractivity contribution in [3.05, 3.63) is 47.0 Å². The van der Waals surface area contributed by atoms with Crippen LogP contribution in [0.5, 0.6) is 0 Å². The summed E-state index contributed by atoms with van der Waals surface area (Å²) in [5.74, 6) is -0.314. The molecule has 0 spiro atoms. The minimum atomic E-state index is -0.314. The van der Waals surface area contributed by atoms with Crippen LogP contribution in [0.25, 0.3) is 10.2 Å².